The predicted octanol–water partition coefficient (Wildman–Crippen LogP) is 1.80. The van der Waals surface area contributed by atoms with Crippen LogP contribution < -0.4 is 5.32 Å². The summed E-state index contributed by atoms with van der Waals surface area (Å²) >= 11 is 0. The molecule has 0 fully saturated rings. The first kappa shape index (κ1) is 14.2. The average Bonchev–Trinajstić information content (AvgIpc) is 2.18. The van der Waals surface area contributed by atoms with Gasteiger partial charge in [-0.15, -0.1) is 0 Å². The number of amides is 1. The highest BCUT2D eigenvalue weighted by atomic mass is 16.1. The van der Waals surface area contributed by atoms with E-state index in [0.717, 1.165) is 26.1 Å². The van der Waals surface area contributed by atoms with E-state index in [-0.39, 0.29) is 11.4 Å². The van der Waals surface area contributed by atoms with Crippen molar-refractivity contribution in [2.45, 2.75) is 39.7 Å². The van der Waals surface area contributed by atoms with Gasteiger partial charge in [-0.25, -0.2) is 0 Å². The quantitative estimate of drug-likeness (QED) is 0.653. The molecule has 0 unspecified atom stereocenters. The summed E-state index contributed by atoms with van der Waals surface area (Å²) in [6.45, 7) is 15.0. The van der Waals surface area contributed by atoms with Crippen molar-refractivity contribution in [1.82, 2.24) is 10.2 Å². The zero-order valence-electron chi connectivity index (χ0n) is 10.5. The van der Waals surface area contributed by atoms with Crippen LogP contribution in [0.5, 0.6) is 0 Å². The first-order valence-electron chi connectivity index (χ1n) is 5.62. The number of rotatable bonds is 7. The van der Waals surface area contributed by atoms with Gasteiger partial charge in [0.25, 0.3) is 0 Å². The van der Waals surface area contributed by atoms with Gasteiger partial charge < -0.3 is 10.2 Å². The molecule has 0 aromatic heterocycles. The molecule has 1 amide bonds. The molecule has 0 rings (SSSR count). The third-order valence-corrected chi connectivity index (χ3v) is 2.59. The van der Waals surface area contributed by atoms with E-state index in [4.69, 9.17) is 0 Å². The second-order valence-corrected chi connectivity index (χ2v) is 4.35. The van der Waals surface area contributed by atoms with Gasteiger partial charge in [-0.2, -0.15) is 0 Å². The molecule has 0 aromatic rings. The molecule has 0 saturated heterocycles. The molecule has 3 nitrogen and oxygen atoms in total. The molecule has 0 atom stereocenters. The zero-order chi connectivity index (χ0) is 11.9. The Morgan fingerprint density at radius 2 is 1.93 bits per heavy atom. The van der Waals surface area contributed by atoms with Crippen molar-refractivity contribution in [2.24, 2.45) is 0 Å². The summed E-state index contributed by atoms with van der Waals surface area (Å²) < 4.78 is 0. The van der Waals surface area contributed by atoms with Crippen LogP contribution in [0.25, 0.3) is 0 Å². The van der Waals surface area contributed by atoms with E-state index in [2.05, 4.69) is 30.6 Å². The van der Waals surface area contributed by atoms with Gasteiger partial charge >= 0.3 is 0 Å². The summed E-state index contributed by atoms with van der Waals surface area (Å²) in [5.74, 6) is -0.0976. The van der Waals surface area contributed by atoms with Gasteiger partial charge in [0.1, 0.15) is 0 Å². The fourth-order valence-electron chi connectivity index (χ4n) is 1.42. The van der Waals surface area contributed by atoms with Crippen LogP contribution >= 0.6 is 0 Å². The first-order valence-corrected chi connectivity index (χ1v) is 5.62. The maximum atomic E-state index is 11.2. The number of nitrogens with zero attached hydrogens (tertiary/aromatic N) is 1. The van der Waals surface area contributed by atoms with Crippen LogP contribution in [0.3, 0.4) is 0 Å². The molecule has 0 bridgehead atoms. The maximum absolute atomic E-state index is 11.2. The highest BCUT2D eigenvalue weighted by molar-refractivity contribution is 5.87. The van der Waals surface area contributed by atoms with Gasteiger partial charge in [0.05, 0.1) is 0 Å². The van der Waals surface area contributed by atoms with Crippen LogP contribution in [0.1, 0.15) is 34.1 Å². The van der Waals surface area contributed by atoms with Gasteiger partial charge in [-0.3, -0.25) is 4.79 Å². The molecule has 15 heavy (non-hydrogen) atoms. The van der Waals surface area contributed by atoms with Gasteiger partial charge in [0.2, 0.25) is 5.91 Å². The van der Waals surface area contributed by atoms with Crippen molar-refractivity contribution in [1.29, 1.82) is 0 Å². The fourth-order valence-corrected chi connectivity index (χ4v) is 1.42. The van der Waals surface area contributed by atoms with Crippen LogP contribution in [0.2, 0.25) is 0 Å². The van der Waals surface area contributed by atoms with Crippen LogP contribution in [-0.4, -0.2) is 36.0 Å². The first-order chi connectivity index (χ1) is 6.95. The SMILES string of the molecule is C=CC(=O)NC(C)(C)CCN(CC)CC. The van der Waals surface area contributed by atoms with Crippen LogP contribution in [0.15, 0.2) is 12.7 Å². The second kappa shape index (κ2) is 6.62. The third-order valence-electron chi connectivity index (χ3n) is 2.59. The van der Waals surface area contributed by atoms with Crippen molar-refractivity contribution in [3.8, 4) is 0 Å². The minimum atomic E-state index is -0.159. The lowest BCUT2D eigenvalue weighted by atomic mass is 10.00. The summed E-state index contributed by atoms with van der Waals surface area (Å²) in [5.41, 5.74) is -0.159. The van der Waals surface area contributed by atoms with Crippen molar-refractivity contribution < 1.29 is 4.79 Å². The number of carbonyl (C=O) groups is 1. The largest absolute Gasteiger partial charge is 0.348 e. The summed E-state index contributed by atoms with van der Waals surface area (Å²) in [4.78, 5) is 13.5. The number of carbonyl (C=O) groups excluding carboxylic acids is 1. The fraction of sp³-hybridized carbons (Fsp3) is 0.750. The Hall–Kier alpha value is -0.830. The van der Waals surface area contributed by atoms with Crippen molar-refractivity contribution in [3.63, 3.8) is 0 Å². The molecule has 0 spiro atoms. The lowest BCUT2D eigenvalue weighted by molar-refractivity contribution is -0.118. The Labute approximate surface area is 93.5 Å². The lowest BCUT2D eigenvalue weighted by Crippen LogP contribution is -2.45. The van der Waals surface area contributed by atoms with Gasteiger partial charge in [0.15, 0.2) is 0 Å². The molecule has 0 saturated carbocycles. The Morgan fingerprint density at radius 1 is 1.40 bits per heavy atom. The number of hydrogen-bond acceptors (Lipinski definition) is 2. The van der Waals surface area contributed by atoms with Gasteiger partial charge in [-0.05, 0) is 39.4 Å². The zero-order valence-corrected chi connectivity index (χ0v) is 10.5. The Morgan fingerprint density at radius 3 is 2.33 bits per heavy atom. The molecular formula is C12H24N2O. The molecule has 1 N–H and O–H groups in total. The van der Waals surface area contributed by atoms with E-state index in [1.54, 1.807) is 0 Å². The van der Waals surface area contributed by atoms with E-state index >= 15 is 0 Å². The smallest absolute Gasteiger partial charge is 0.243 e. The summed E-state index contributed by atoms with van der Waals surface area (Å²) in [7, 11) is 0. The van der Waals surface area contributed by atoms with E-state index in [1.807, 2.05) is 13.8 Å². The summed E-state index contributed by atoms with van der Waals surface area (Å²) in [5, 5.41) is 2.93. The molecule has 3 heteroatoms. The van der Waals surface area contributed by atoms with Gasteiger partial charge in [-0.1, -0.05) is 20.4 Å². The third kappa shape index (κ3) is 6.28. The second-order valence-electron chi connectivity index (χ2n) is 4.35. The van der Waals surface area contributed by atoms with Crippen molar-refractivity contribution in [3.05, 3.63) is 12.7 Å². The molecule has 0 aliphatic carbocycles. The Balaban J connectivity index is 4.02. The minimum absolute atomic E-state index is 0.0976. The molecule has 88 valence electrons. The molecule has 0 aliphatic heterocycles. The molecule has 0 radical (unpaired) electrons. The van der Waals surface area contributed by atoms with E-state index in [9.17, 15) is 4.79 Å². The normalized spacial score (nSPS) is 11.5. The summed E-state index contributed by atoms with van der Waals surface area (Å²) in [6, 6.07) is 0. The van der Waals surface area contributed by atoms with Crippen LogP contribution in [0, 0.1) is 0 Å². The Kier molecular flexibility index (Phi) is 6.25. The molecule has 0 heterocycles. The van der Waals surface area contributed by atoms with Gasteiger partial charge in [0, 0.05) is 12.1 Å². The molecule has 0 aromatic carbocycles. The standard InChI is InChI=1S/C12H24N2O/c1-6-11(15)13-12(4,5)9-10-14(7-2)8-3/h6H,1,7-10H2,2-5H3,(H,13,15). The Bertz CT molecular complexity index is 208. The lowest BCUT2D eigenvalue weighted by Gasteiger charge is -2.29. The predicted molar refractivity (Wildman–Crippen MR) is 64.8 cm³/mol. The maximum Gasteiger partial charge on any atom is 0.243 e. The minimum Gasteiger partial charge on any atom is -0.348 e. The topological polar surface area (TPSA) is 32.3 Å². The average molecular weight is 212 g/mol. The highest BCUT2D eigenvalue weighted by Gasteiger charge is 2.19. The van der Waals surface area contributed by atoms with E-state index in [0.29, 0.717) is 0 Å². The van der Waals surface area contributed by atoms with Crippen LogP contribution in [-0.2, 0) is 4.79 Å². The number of hydrogen-bond donors (Lipinski definition) is 1. The van der Waals surface area contributed by atoms with Crippen molar-refractivity contribution in [2.75, 3.05) is 19.6 Å². The van der Waals surface area contributed by atoms with E-state index in [1.165, 1.54) is 6.08 Å². The highest BCUT2D eigenvalue weighted by Crippen LogP contribution is 2.09. The van der Waals surface area contributed by atoms with Crippen molar-refractivity contribution >= 4 is 5.91 Å². The molecular weight excluding hydrogens is 188 g/mol. The van der Waals surface area contributed by atoms with Crippen LogP contribution in [0.4, 0.5) is 0 Å². The molecule has 0 aliphatic rings. The number of nitrogens with one attached hydrogen (secondary N) is 1. The summed E-state index contributed by atoms with van der Waals surface area (Å²) in [6.07, 6.45) is 2.27. The monoisotopic (exact) mass is 212 g/mol. The van der Waals surface area contributed by atoms with E-state index < -0.39 is 0 Å².